The molecule has 0 aromatic rings. The first-order valence-electron chi connectivity index (χ1n) is 12.3. The molecule has 3 heteroatoms. The summed E-state index contributed by atoms with van der Waals surface area (Å²) in [5.74, 6) is 0. The first kappa shape index (κ1) is 22.6. The maximum Gasteiger partial charge on any atom is 0.0893 e. The van der Waals surface area contributed by atoms with E-state index in [0.29, 0.717) is 0 Å². The van der Waals surface area contributed by atoms with Crippen LogP contribution in [0.15, 0.2) is 12.4 Å². The predicted molar refractivity (Wildman–Crippen MR) is 119 cm³/mol. The van der Waals surface area contributed by atoms with Gasteiger partial charge in [-0.15, -0.1) is 0 Å². The van der Waals surface area contributed by atoms with Gasteiger partial charge in [0, 0.05) is 31.5 Å². The van der Waals surface area contributed by atoms with Crippen molar-refractivity contribution in [2.45, 2.75) is 116 Å². The summed E-state index contributed by atoms with van der Waals surface area (Å²) in [5, 5.41) is 3.67. The average molecular weight is 378 g/mol. The van der Waals surface area contributed by atoms with Crippen molar-refractivity contribution in [2.24, 2.45) is 0 Å². The van der Waals surface area contributed by atoms with Crippen LogP contribution in [0.25, 0.3) is 0 Å². The van der Waals surface area contributed by atoms with Gasteiger partial charge in [-0.25, -0.2) is 0 Å². The third kappa shape index (κ3) is 11.0. The fourth-order valence-electron chi connectivity index (χ4n) is 4.45. The Hall–Kier alpha value is -0.700. The van der Waals surface area contributed by atoms with E-state index in [9.17, 15) is 0 Å². The Morgan fingerprint density at radius 2 is 1.33 bits per heavy atom. The first-order valence-corrected chi connectivity index (χ1v) is 12.3. The SMILES string of the molecule is CCCCCCCCCCCCCCN1C=CN(CCC2CCCCN2)C1. The third-order valence-electron chi connectivity index (χ3n) is 6.33. The maximum absolute atomic E-state index is 3.67. The van der Waals surface area contributed by atoms with E-state index in [1.54, 1.807) is 0 Å². The highest BCUT2D eigenvalue weighted by Gasteiger charge is 2.16. The molecule has 1 atom stereocenters. The molecule has 2 aliphatic rings. The molecular formula is C24H47N3. The van der Waals surface area contributed by atoms with Crippen molar-refractivity contribution in [1.82, 2.24) is 15.1 Å². The summed E-state index contributed by atoms with van der Waals surface area (Å²) in [6, 6.07) is 0.762. The van der Waals surface area contributed by atoms with Crippen molar-refractivity contribution in [2.75, 3.05) is 26.3 Å². The molecule has 3 nitrogen and oxygen atoms in total. The molecule has 0 aromatic heterocycles. The van der Waals surface area contributed by atoms with Crippen LogP contribution < -0.4 is 5.32 Å². The van der Waals surface area contributed by atoms with Crippen LogP contribution in [0.5, 0.6) is 0 Å². The van der Waals surface area contributed by atoms with Gasteiger partial charge < -0.3 is 15.1 Å². The number of nitrogens with one attached hydrogen (secondary N) is 1. The second kappa shape index (κ2) is 15.2. The number of rotatable bonds is 16. The number of piperidine rings is 1. The summed E-state index contributed by atoms with van der Waals surface area (Å²) in [4.78, 5) is 5.00. The largest absolute Gasteiger partial charge is 0.359 e. The van der Waals surface area contributed by atoms with E-state index < -0.39 is 0 Å². The number of unbranched alkanes of at least 4 members (excludes halogenated alkanes) is 11. The molecule has 2 rings (SSSR count). The zero-order valence-corrected chi connectivity index (χ0v) is 18.3. The summed E-state index contributed by atoms with van der Waals surface area (Å²) in [6.45, 7) is 7.09. The standard InChI is InChI=1S/C24H47N3/c1-2-3-4-5-6-7-8-9-10-11-12-15-19-26-21-22-27(23-26)20-17-24-16-13-14-18-25-24/h21-22,24-25H,2-20,23H2,1H3. The van der Waals surface area contributed by atoms with E-state index >= 15 is 0 Å². The van der Waals surface area contributed by atoms with Crippen molar-refractivity contribution >= 4 is 0 Å². The minimum absolute atomic E-state index is 0.762. The van der Waals surface area contributed by atoms with E-state index in [1.165, 1.54) is 122 Å². The molecule has 2 aliphatic heterocycles. The Morgan fingerprint density at radius 1 is 0.741 bits per heavy atom. The van der Waals surface area contributed by atoms with Gasteiger partial charge in [0.15, 0.2) is 0 Å². The van der Waals surface area contributed by atoms with Crippen LogP contribution in [-0.2, 0) is 0 Å². The van der Waals surface area contributed by atoms with E-state index in [-0.39, 0.29) is 0 Å². The fraction of sp³-hybridized carbons (Fsp3) is 0.917. The molecular weight excluding hydrogens is 330 g/mol. The second-order valence-corrected chi connectivity index (χ2v) is 8.89. The van der Waals surface area contributed by atoms with Crippen LogP contribution in [0.1, 0.15) is 110 Å². The second-order valence-electron chi connectivity index (χ2n) is 8.89. The van der Waals surface area contributed by atoms with E-state index in [2.05, 4.69) is 34.4 Å². The summed E-state index contributed by atoms with van der Waals surface area (Å²) in [6.07, 6.45) is 27.3. The van der Waals surface area contributed by atoms with Crippen LogP contribution >= 0.6 is 0 Å². The average Bonchev–Trinajstić information content (AvgIpc) is 3.16. The Balaban J connectivity index is 1.33. The maximum atomic E-state index is 3.67. The van der Waals surface area contributed by atoms with Gasteiger partial charge >= 0.3 is 0 Å². The lowest BCUT2D eigenvalue weighted by molar-refractivity contribution is 0.244. The Bertz CT molecular complexity index is 363. The van der Waals surface area contributed by atoms with Gasteiger partial charge in [0.1, 0.15) is 0 Å². The predicted octanol–water partition coefficient (Wildman–Crippen LogP) is 6.27. The molecule has 0 amide bonds. The number of hydrogen-bond acceptors (Lipinski definition) is 3. The summed E-state index contributed by atoms with van der Waals surface area (Å²) >= 11 is 0. The number of nitrogens with zero attached hydrogens (tertiary/aromatic N) is 2. The van der Waals surface area contributed by atoms with Crippen molar-refractivity contribution in [3.8, 4) is 0 Å². The summed E-state index contributed by atoms with van der Waals surface area (Å²) < 4.78 is 0. The van der Waals surface area contributed by atoms with Crippen molar-refractivity contribution in [1.29, 1.82) is 0 Å². The molecule has 0 aromatic carbocycles. The van der Waals surface area contributed by atoms with Gasteiger partial charge in [0.05, 0.1) is 6.67 Å². The first-order chi connectivity index (χ1) is 13.4. The molecule has 1 N–H and O–H groups in total. The highest BCUT2D eigenvalue weighted by molar-refractivity contribution is 4.91. The van der Waals surface area contributed by atoms with Gasteiger partial charge in [0.2, 0.25) is 0 Å². The van der Waals surface area contributed by atoms with Gasteiger partial charge in [0.25, 0.3) is 0 Å². The molecule has 1 saturated heterocycles. The minimum Gasteiger partial charge on any atom is -0.359 e. The lowest BCUT2D eigenvalue weighted by Gasteiger charge is -2.26. The number of hydrogen-bond donors (Lipinski definition) is 1. The molecule has 0 bridgehead atoms. The van der Waals surface area contributed by atoms with E-state index in [4.69, 9.17) is 0 Å². The highest BCUT2D eigenvalue weighted by atomic mass is 15.3. The summed E-state index contributed by atoms with van der Waals surface area (Å²) in [7, 11) is 0. The van der Waals surface area contributed by atoms with Crippen LogP contribution in [0.3, 0.4) is 0 Å². The van der Waals surface area contributed by atoms with Crippen molar-refractivity contribution in [3.05, 3.63) is 12.4 Å². The molecule has 27 heavy (non-hydrogen) atoms. The van der Waals surface area contributed by atoms with Crippen molar-refractivity contribution < 1.29 is 0 Å². The smallest absolute Gasteiger partial charge is 0.0893 e. The molecule has 0 saturated carbocycles. The zero-order valence-electron chi connectivity index (χ0n) is 18.3. The van der Waals surface area contributed by atoms with Crippen LogP contribution in [-0.4, -0.2) is 42.1 Å². The van der Waals surface area contributed by atoms with Gasteiger partial charge in [-0.2, -0.15) is 0 Å². The molecule has 1 unspecified atom stereocenters. The van der Waals surface area contributed by atoms with Crippen molar-refractivity contribution in [3.63, 3.8) is 0 Å². The van der Waals surface area contributed by atoms with E-state index in [0.717, 1.165) is 12.7 Å². The van der Waals surface area contributed by atoms with Gasteiger partial charge in [-0.3, -0.25) is 0 Å². The third-order valence-corrected chi connectivity index (χ3v) is 6.33. The monoisotopic (exact) mass is 377 g/mol. The fourth-order valence-corrected chi connectivity index (χ4v) is 4.45. The van der Waals surface area contributed by atoms with Crippen LogP contribution in [0.2, 0.25) is 0 Å². The summed E-state index contributed by atoms with van der Waals surface area (Å²) in [5.41, 5.74) is 0. The Kier molecular flexibility index (Phi) is 12.8. The lowest BCUT2D eigenvalue weighted by Crippen LogP contribution is -2.37. The quantitative estimate of drug-likeness (QED) is 0.320. The van der Waals surface area contributed by atoms with Gasteiger partial charge in [-0.05, 0) is 32.2 Å². The van der Waals surface area contributed by atoms with Crippen LogP contribution in [0, 0.1) is 0 Å². The van der Waals surface area contributed by atoms with E-state index in [1.807, 2.05) is 0 Å². The molecule has 0 spiro atoms. The molecule has 2 heterocycles. The minimum atomic E-state index is 0.762. The van der Waals surface area contributed by atoms with Crippen LogP contribution in [0.4, 0.5) is 0 Å². The zero-order chi connectivity index (χ0) is 19.0. The lowest BCUT2D eigenvalue weighted by atomic mass is 10.0. The molecule has 158 valence electrons. The highest BCUT2D eigenvalue weighted by Crippen LogP contribution is 2.15. The molecule has 0 radical (unpaired) electrons. The Labute approximate surface area is 170 Å². The topological polar surface area (TPSA) is 18.5 Å². The molecule has 0 aliphatic carbocycles. The molecule has 1 fully saturated rings. The van der Waals surface area contributed by atoms with Gasteiger partial charge in [-0.1, -0.05) is 84.0 Å². The Morgan fingerprint density at radius 3 is 1.93 bits per heavy atom. The normalized spacial score (nSPS) is 20.0.